The molecule has 0 aromatic carbocycles. The van der Waals surface area contributed by atoms with Crippen LogP contribution in [0.25, 0.3) is 0 Å². The van der Waals surface area contributed by atoms with Gasteiger partial charge in [-0.1, -0.05) is 6.42 Å². The standard InChI is InChI=1S/C11H17N3O3S/c1-18(16,17)11-13-7-9(8-14-11)5-3-2-4-6-10(12)15/h7-8H,2-6H2,1H3,(H2,12,15). The Hall–Kier alpha value is -1.50. The van der Waals surface area contributed by atoms with Gasteiger partial charge in [0.05, 0.1) is 0 Å². The lowest BCUT2D eigenvalue weighted by atomic mass is 10.1. The SMILES string of the molecule is CS(=O)(=O)c1ncc(CCCCCC(N)=O)cn1. The van der Waals surface area contributed by atoms with E-state index in [1.165, 1.54) is 12.4 Å². The second kappa shape index (κ2) is 6.44. The van der Waals surface area contributed by atoms with Crippen molar-refractivity contribution in [2.75, 3.05) is 6.26 Å². The summed E-state index contributed by atoms with van der Waals surface area (Å²) in [6.07, 6.45) is 7.87. The van der Waals surface area contributed by atoms with E-state index in [0.29, 0.717) is 6.42 Å². The average molecular weight is 271 g/mol. The largest absolute Gasteiger partial charge is 0.370 e. The molecule has 0 atom stereocenters. The van der Waals surface area contributed by atoms with Crippen LogP contribution in [0.3, 0.4) is 0 Å². The number of nitrogens with zero attached hydrogens (tertiary/aromatic N) is 2. The number of sulfone groups is 1. The molecule has 7 heteroatoms. The van der Waals surface area contributed by atoms with Crippen molar-refractivity contribution in [2.45, 2.75) is 37.3 Å². The van der Waals surface area contributed by atoms with Crippen LogP contribution in [0.2, 0.25) is 0 Å². The van der Waals surface area contributed by atoms with Crippen LogP contribution in [-0.2, 0) is 21.1 Å². The molecule has 1 aromatic rings. The third-order valence-electron chi connectivity index (χ3n) is 2.40. The molecule has 6 nitrogen and oxygen atoms in total. The lowest BCUT2D eigenvalue weighted by Crippen LogP contribution is -2.09. The molecule has 1 heterocycles. The molecule has 0 aliphatic rings. The summed E-state index contributed by atoms with van der Waals surface area (Å²) in [6, 6.07) is 0. The first-order chi connectivity index (χ1) is 8.39. The number of hydrogen-bond acceptors (Lipinski definition) is 5. The fraction of sp³-hybridized carbons (Fsp3) is 0.545. The third-order valence-corrected chi connectivity index (χ3v) is 3.28. The van der Waals surface area contributed by atoms with E-state index < -0.39 is 9.84 Å². The molecule has 0 aliphatic carbocycles. The van der Waals surface area contributed by atoms with E-state index in [4.69, 9.17) is 5.73 Å². The number of unbranched alkanes of at least 4 members (excludes halogenated alkanes) is 2. The lowest BCUT2D eigenvalue weighted by molar-refractivity contribution is -0.118. The molecule has 0 aliphatic heterocycles. The van der Waals surface area contributed by atoms with Crippen molar-refractivity contribution in [1.29, 1.82) is 0 Å². The average Bonchev–Trinajstić information content (AvgIpc) is 2.27. The number of aromatic nitrogens is 2. The highest BCUT2D eigenvalue weighted by atomic mass is 32.2. The predicted octanol–water partition coefficient (Wildman–Crippen LogP) is 0.468. The van der Waals surface area contributed by atoms with Crippen molar-refractivity contribution in [3.8, 4) is 0 Å². The highest BCUT2D eigenvalue weighted by Gasteiger charge is 2.09. The minimum atomic E-state index is -3.33. The van der Waals surface area contributed by atoms with Crippen LogP contribution in [0, 0.1) is 0 Å². The van der Waals surface area contributed by atoms with Crippen LogP contribution in [-0.4, -0.2) is 30.5 Å². The zero-order chi connectivity index (χ0) is 13.6. The Morgan fingerprint density at radius 1 is 1.22 bits per heavy atom. The van der Waals surface area contributed by atoms with E-state index in [1.54, 1.807) is 0 Å². The highest BCUT2D eigenvalue weighted by Crippen LogP contribution is 2.07. The molecule has 1 rings (SSSR count). The summed E-state index contributed by atoms with van der Waals surface area (Å²) in [5, 5.41) is -0.153. The first-order valence-corrected chi connectivity index (χ1v) is 7.58. The Balaban J connectivity index is 2.38. The fourth-order valence-corrected chi connectivity index (χ4v) is 1.96. The van der Waals surface area contributed by atoms with Crippen molar-refractivity contribution in [3.63, 3.8) is 0 Å². The number of carbonyl (C=O) groups is 1. The van der Waals surface area contributed by atoms with Gasteiger partial charge in [0, 0.05) is 25.1 Å². The molecule has 0 bridgehead atoms. The maximum Gasteiger partial charge on any atom is 0.246 e. The summed E-state index contributed by atoms with van der Waals surface area (Å²) in [5.74, 6) is -0.282. The zero-order valence-corrected chi connectivity index (χ0v) is 11.1. The van der Waals surface area contributed by atoms with Crippen LogP contribution in [0.4, 0.5) is 0 Å². The van der Waals surface area contributed by atoms with Gasteiger partial charge in [-0.25, -0.2) is 18.4 Å². The molecule has 2 N–H and O–H groups in total. The second-order valence-corrected chi connectivity index (χ2v) is 6.08. The quantitative estimate of drug-likeness (QED) is 0.573. The summed E-state index contributed by atoms with van der Waals surface area (Å²) >= 11 is 0. The van der Waals surface area contributed by atoms with Crippen LogP contribution >= 0.6 is 0 Å². The van der Waals surface area contributed by atoms with Crippen molar-refractivity contribution in [2.24, 2.45) is 5.73 Å². The topological polar surface area (TPSA) is 103 Å². The Morgan fingerprint density at radius 3 is 2.33 bits per heavy atom. The molecule has 0 unspecified atom stereocenters. The minimum Gasteiger partial charge on any atom is -0.370 e. The zero-order valence-electron chi connectivity index (χ0n) is 10.3. The van der Waals surface area contributed by atoms with Gasteiger partial charge in [0.1, 0.15) is 0 Å². The van der Waals surface area contributed by atoms with Gasteiger partial charge in [-0.05, 0) is 24.8 Å². The molecule has 1 amide bonds. The molecule has 0 saturated carbocycles. The Labute approximate surface area is 107 Å². The number of carbonyl (C=O) groups excluding carboxylic acids is 1. The van der Waals surface area contributed by atoms with Gasteiger partial charge in [0.25, 0.3) is 0 Å². The van der Waals surface area contributed by atoms with Gasteiger partial charge in [0.2, 0.25) is 20.9 Å². The smallest absolute Gasteiger partial charge is 0.246 e. The van der Waals surface area contributed by atoms with Gasteiger partial charge >= 0.3 is 0 Å². The normalized spacial score (nSPS) is 11.4. The maximum absolute atomic E-state index is 11.1. The Morgan fingerprint density at radius 2 is 1.83 bits per heavy atom. The van der Waals surface area contributed by atoms with E-state index >= 15 is 0 Å². The summed E-state index contributed by atoms with van der Waals surface area (Å²) in [7, 11) is -3.33. The Bertz CT molecular complexity index is 497. The van der Waals surface area contributed by atoms with Crippen LogP contribution in [0.5, 0.6) is 0 Å². The second-order valence-electron chi connectivity index (χ2n) is 4.17. The molecule has 0 radical (unpaired) electrons. The van der Waals surface area contributed by atoms with Gasteiger partial charge < -0.3 is 5.73 Å². The predicted molar refractivity (Wildman–Crippen MR) is 66.5 cm³/mol. The first-order valence-electron chi connectivity index (χ1n) is 5.69. The van der Waals surface area contributed by atoms with Gasteiger partial charge in [-0.2, -0.15) is 0 Å². The molecular weight excluding hydrogens is 254 g/mol. The number of amides is 1. The highest BCUT2D eigenvalue weighted by molar-refractivity contribution is 7.90. The molecule has 0 saturated heterocycles. The van der Waals surface area contributed by atoms with Gasteiger partial charge in [-0.15, -0.1) is 0 Å². The van der Waals surface area contributed by atoms with Crippen molar-refractivity contribution >= 4 is 15.7 Å². The number of primary amides is 1. The number of nitrogens with two attached hydrogens (primary N) is 1. The molecule has 0 fully saturated rings. The number of hydrogen-bond donors (Lipinski definition) is 1. The summed E-state index contributed by atoms with van der Waals surface area (Å²) in [5.41, 5.74) is 5.92. The fourth-order valence-electron chi connectivity index (χ4n) is 1.47. The van der Waals surface area contributed by atoms with Crippen molar-refractivity contribution in [3.05, 3.63) is 18.0 Å². The van der Waals surface area contributed by atoms with Gasteiger partial charge in [0.15, 0.2) is 0 Å². The number of rotatable bonds is 7. The summed E-state index contributed by atoms with van der Waals surface area (Å²) in [4.78, 5) is 18.1. The lowest BCUT2D eigenvalue weighted by Gasteiger charge is -2.01. The molecule has 1 aromatic heterocycles. The van der Waals surface area contributed by atoms with Gasteiger partial charge in [-0.3, -0.25) is 4.79 Å². The summed E-state index contributed by atoms with van der Waals surface area (Å²) < 4.78 is 22.3. The van der Waals surface area contributed by atoms with E-state index in [1.807, 2.05) is 0 Å². The van der Waals surface area contributed by atoms with Crippen LogP contribution in [0.15, 0.2) is 17.6 Å². The number of aryl methyl sites for hydroxylation is 1. The molecule has 100 valence electrons. The molecule has 0 spiro atoms. The summed E-state index contributed by atoms with van der Waals surface area (Å²) in [6.45, 7) is 0. The molecular formula is C11H17N3O3S. The maximum atomic E-state index is 11.1. The van der Waals surface area contributed by atoms with E-state index in [0.717, 1.165) is 37.5 Å². The van der Waals surface area contributed by atoms with E-state index in [9.17, 15) is 13.2 Å². The third kappa shape index (κ3) is 5.22. The first kappa shape index (κ1) is 14.6. The molecule has 18 heavy (non-hydrogen) atoms. The van der Waals surface area contributed by atoms with Crippen molar-refractivity contribution < 1.29 is 13.2 Å². The Kier molecular flexibility index (Phi) is 5.21. The van der Waals surface area contributed by atoms with Crippen LogP contribution < -0.4 is 5.73 Å². The minimum absolute atomic E-state index is 0.153. The van der Waals surface area contributed by atoms with E-state index in [2.05, 4.69) is 9.97 Å². The van der Waals surface area contributed by atoms with Crippen LogP contribution in [0.1, 0.15) is 31.2 Å². The van der Waals surface area contributed by atoms with Crippen molar-refractivity contribution in [1.82, 2.24) is 9.97 Å². The monoisotopic (exact) mass is 271 g/mol. The van der Waals surface area contributed by atoms with E-state index in [-0.39, 0.29) is 11.1 Å².